The van der Waals surface area contributed by atoms with Crippen molar-refractivity contribution in [2.24, 2.45) is 0 Å². The fourth-order valence-corrected chi connectivity index (χ4v) is 11.5. The van der Waals surface area contributed by atoms with Gasteiger partial charge in [-0.25, -0.2) is 0 Å². The van der Waals surface area contributed by atoms with Crippen LogP contribution in [0.15, 0.2) is 0 Å². The zero-order valence-corrected chi connectivity index (χ0v) is 8.83. The molecule has 1 heterocycles. The molecule has 0 aromatic heterocycles. The minimum atomic E-state index is -0.545. The first-order chi connectivity index (χ1) is 4.04. The van der Waals surface area contributed by atoms with E-state index in [9.17, 15) is 0 Å². The van der Waals surface area contributed by atoms with Crippen molar-refractivity contribution in [3.05, 3.63) is 0 Å². The van der Waals surface area contributed by atoms with Gasteiger partial charge >= 0.3 is 59.8 Å². The molecule has 0 aromatic carbocycles. The molecule has 1 rings (SSSR count). The summed E-state index contributed by atoms with van der Waals surface area (Å²) >= 11 is 0. The van der Waals surface area contributed by atoms with Crippen LogP contribution in [0, 0.1) is 0 Å². The van der Waals surface area contributed by atoms with Crippen molar-refractivity contribution in [1.82, 2.24) is 0 Å². The summed E-state index contributed by atoms with van der Waals surface area (Å²) in [7, 11) is -0.136. The van der Waals surface area contributed by atoms with Crippen LogP contribution in [0.5, 0.6) is 0 Å². The molecule has 0 nitrogen and oxygen atoms in total. The van der Waals surface area contributed by atoms with Crippen molar-refractivity contribution < 1.29 is 0 Å². The first-order valence-corrected chi connectivity index (χ1v) is 9.10. The van der Waals surface area contributed by atoms with E-state index in [1.54, 1.807) is 12.1 Å². The molecule has 1 aliphatic rings. The van der Waals surface area contributed by atoms with Gasteiger partial charge in [-0.15, -0.1) is 0 Å². The molecule has 0 aromatic rings. The summed E-state index contributed by atoms with van der Waals surface area (Å²) in [5.74, 6) is 1.63. The predicted octanol–water partition coefficient (Wildman–Crippen LogP) is 2.47. The third-order valence-corrected chi connectivity index (χ3v) is 11.5. The molecule has 0 aliphatic carbocycles. The van der Waals surface area contributed by atoms with Crippen LogP contribution in [0.1, 0.15) is 6.92 Å². The van der Waals surface area contributed by atoms with Gasteiger partial charge in [0.05, 0.1) is 0 Å². The van der Waals surface area contributed by atoms with Gasteiger partial charge in [-0.05, 0) is 0 Å². The molecule has 1 fully saturated rings. The van der Waals surface area contributed by atoms with Crippen LogP contribution in [0.4, 0.5) is 0 Å². The van der Waals surface area contributed by atoms with Crippen LogP contribution in [0.25, 0.3) is 0 Å². The van der Waals surface area contributed by atoms with Gasteiger partial charge in [0, 0.05) is 0 Å². The van der Waals surface area contributed by atoms with Gasteiger partial charge in [0.15, 0.2) is 0 Å². The molecule has 0 amide bonds. The number of hydrogen-bond donors (Lipinski definition) is 0. The fraction of sp³-hybridized carbons (Fsp3) is 1.00. The Morgan fingerprint density at radius 3 is 2.11 bits per heavy atom. The molecule has 1 saturated heterocycles. The third-order valence-electron chi connectivity index (χ3n) is 2.48. The first kappa shape index (κ1) is 7.96. The summed E-state index contributed by atoms with van der Waals surface area (Å²) < 4.78 is 0. The predicted molar refractivity (Wildman–Crippen MR) is 52.2 cm³/mol. The Bertz CT molecular complexity index is 111. The summed E-state index contributed by atoms with van der Waals surface area (Å²) in [4.78, 5) is 0. The fourth-order valence-electron chi connectivity index (χ4n) is 1.58. The number of hydrogen-bond acceptors (Lipinski definition) is 0. The molecule has 0 spiro atoms. The maximum atomic E-state index is 2.57. The Balaban J connectivity index is 2.29. The molecule has 0 radical (unpaired) electrons. The Morgan fingerprint density at radius 2 is 2.00 bits per heavy atom. The van der Waals surface area contributed by atoms with E-state index in [2.05, 4.69) is 26.9 Å². The first-order valence-electron chi connectivity index (χ1n) is 3.69. The van der Waals surface area contributed by atoms with Gasteiger partial charge in [-0.3, -0.25) is 0 Å². The van der Waals surface area contributed by atoms with E-state index in [0.29, 0.717) is 7.92 Å². The molecule has 1 atom stereocenters. The molecule has 0 saturated carbocycles. The van der Waals surface area contributed by atoms with Crippen LogP contribution >= 0.6 is 15.2 Å². The monoisotopic (exact) mass is 164 g/mol. The molecule has 0 N–H and O–H groups in total. The van der Waals surface area contributed by atoms with E-state index in [0.717, 1.165) is 5.66 Å². The van der Waals surface area contributed by atoms with Crippen LogP contribution in [-0.4, -0.2) is 37.7 Å². The quantitative estimate of drug-likeness (QED) is 0.550. The number of rotatable bonds is 2. The molecular weight excluding hydrogens is 146 g/mol. The van der Waals surface area contributed by atoms with E-state index in [1.807, 2.05) is 0 Å². The molecule has 9 heavy (non-hydrogen) atoms. The Morgan fingerprint density at radius 1 is 1.56 bits per heavy atom. The van der Waals surface area contributed by atoms with E-state index in [-0.39, 0.29) is 0 Å². The van der Waals surface area contributed by atoms with Crippen molar-refractivity contribution >= 4 is 15.2 Å². The Hall–Kier alpha value is 0.860. The normalized spacial score (nSPS) is 34.6. The average Bonchev–Trinajstić information content (AvgIpc) is 2.10. The van der Waals surface area contributed by atoms with Crippen molar-refractivity contribution in [3.8, 4) is 0 Å². The van der Waals surface area contributed by atoms with E-state index < -0.39 is 7.26 Å². The Labute approximate surface area is 60.5 Å². The van der Waals surface area contributed by atoms with Gasteiger partial charge < -0.3 is 0 Å². The van der Waals surface area contributed by atoms with Crippen molar-refractivity contribution in [2.45, 2.75) is 12.6 Å². The molecular formula is C7H18P2. The summed E-state index contributed by atoms with van der Waals surface area (Å²) in [6.45, 7) is 9.84. The second-order valence-electron chi connectivity index (χ2n) is 4.00. The molecule has 1 unspecified atom stereocenters. The van der Waals surface area contributed by atoms with Gasteiger partial charge in [0.25, 0.3) is 0 Å². The average molecular weight is 164 g/mol. The molecule has 1 aliphatic heterocycles. The van der Waals surface area contributed by atoms with E-state index >= 15 is 0 Å². The molecule has 56 valence electrons. The van der Waals surface area contributed by atoms with Crippen molar-refractivity contribution in [3.63, 3.8) is 0 Å². The standard InChI is InChI=1S/C7H18P2/c1-7-5-9(7,4)6-8(2)3/h7,9H,5-6H2,1-4H3. The van der Waals surface area contributed by atoms with E-state index in [1.165, 1.54) is 0 Å². The zero-order chi connectivity index (χ0) is 7.07. The zero-order valence-electron chi connectivity index (χ0n) is 6.94. The SMILES string of the molecule is CC1C[PH]1(C)CP(C)C. The summed E-state index contributed by atoms with van der Waals surface area (Å²) in [5, 5.41) is 0. The second kappa shape index (κ2) is 2.48. The molecule has 2 heteroatoms. The summed E-state index contributed by atoms with van der Waals surface area (Å²) in [6, 6.07) is 0. The van der Waals surface area contributed by atoms with Gasteiger partial charge in [0.1, 0.15) is 0 Å². The van der Waals surface area contributed by atoms with Crippen LogP contribution in [0.2, 0.25) is 0 Å². The minimum absolute atomic E-state index is 0.409. The van der Waals surface area contributed by atoms with Gasteiger partial charge in [-0.2, -0.15) is 0 Å². The summed E-state index contributed by atoms with van der Waals surface area (Å²) in [6.07, 6.45) is 1.62. The summed E-state index contributed by atoms with van der Waals surface area (Å²) in [5.41, 5.74) is 1.15. The van der Waals surface area contributed by atoms with Crippen LogP contribution < -0.4 is 0 Å². The van der Waals surface area contributed by atoms with Crippen LogP contribution in [0.3, 0.4) is 0 Å². The Kier molecular flexibility index (Phi) is 2.19. The van der Waals surface area contributed by atoms with Crippen molar-refractivity contribution in [1.29, 1.82) is 0 Å². The topological polar surface area (TPSA) is 0 Å². The van der Waals surface area contributed by atoms with E-state index in [4.69, 9.17) is 0 Å². The second-order valence-corrected chi connectivity index (χ2v) is 12.1. The van der Waals surface area contributed by atoms with Crippen molar-refractivity contribution in [2.75, 3.05) is 32.1 Å². The third kappa shape index (κ3) is 1.89. The molecule has 0 bridgehead atoms. The van der Waals surface area contributed by atoms with Crippen LogP contribution in [-0.2, 0) is 0 Å². The maximum absolute atomic E-state index is 2.57. The van der Waals surface area contributed by atoms with Gasteiger partial charge in [-0.1, -0.05) is 0 Å². The van der Waals surface area contributed by atoms with Gasteiger partial charge in [0.2, 0.25) is 0 Å².